The summed E-state index contributed by atoms with van der Waals surface area (Å²) in [6.07, 6.45) is 5.06. The zero-order valence-corrected chi connectivity index (χ0v) is 11.8. The fourth-order valence-corrected chi connectivity index (χ4v) is 2.52. The maximum Gasteiger partial charge on any atom is 0.138 e. The SMILES string of the molecule is CC(C)(CO)c1ccc(OC2CCCC2)c(Cl)c1. The molecule has 1 aromatic carbocycles. The van der Waals surface area contributed by atoms with Crippen LogP contribution in [0, 0.1) is 0 Å². The maximum absolute atomic E-state index is 9.36. The number of halogens is 1. The Balaban J connectivity index is 2.14. The second kappa shape index (κ2) is 5.50. The van der Waals surface area contributed by atoms with E-state index >= 15 is 0 Å². The summed E-state index contributed by atoms with van der Waals surface area (Å²) in [5.74, 6) is 0.765. The van der Waals surface area contributed by atoms with Gasteiger partial charge in [0.1, 0.15) is 5.75 Å². The molecule has 0 bridgehead atoms. The lowest BCUT2D eigenvalue weighted by molar-refractivity contribution is 0.208. The first-order chi connectivity index (χ1) is 8.53. The molecule has 1 aliphatic carbocycles. The van der Waals surface area contributed by atoms with Crippen molar-refractivity contribution in [3.8, 4) is 5.75 Å². The van der Waals surface area contributed by atoms with Gasteiger partial charge in [-0.25, -0.2) is 0 Å². The lowest BCUT2D eigenvalue weighted by Crippen LogP contribution is -2.22. The Kier molecular flexibility index (Phi) is 4.18. The summed E-state index contributed by atoms with van der Waals surface area (Å²) < 4.78 is 5.91. The van der Waals surface area contributed by atoms with E-state index in [0.29, 0.717) is 11.1 Å². The third-order valence-corrected chi connectivity index (χ3v) is 4.00. The molecule has 3 heteroatoms. The highest BCUT2D eigenvalue weighted by Gasteiger charge is 2.22. The molecule has 0 saturated heterocycles. The number of hydrogen-bond donors (Lipinski definition) is 1. The molecule has 2 rings (SSSR count). The van der Waals surface area contributed by atoms with Crippen LogP contribution in [0.3, 0.4) is 0 Å². The summed E-state index contributed by atoms with van der Waals surface area (Å²) in [4.78, 5) is 0. The minimum atomic E-state index is -0.268. The van der Waals surface area contributed by atoms with Crippen LogP contribution >= 0.6 is 11.6 Å². The number of rotatable bonds is 4. The van der Waals surface area contributed by atoms with E-state index in [0.717, 1.165) is 24.2 Å². The van der Waals surface area contributed by atoms with Gasteiger partial charge in [0.15, 0.2) is 0 Å². The zero-order valence-electron chi connectivity index (χ0n) is 11.1. The number of aliphatic hydroxyl groups is 1. The molecule has 0 aliphatic heterocycles. The van der Waals surface area contributed by atoms with E-state index in [2.05, 4.69) is 0 Å². The first-order valence-electron chi connectivity index (χ1n) is 6.60. The van der Waals surface area contributed by atoms with Gasteiger partial charge in [-0.15, -0.1) is 0 Å². The van der Waals surface area contributed by atoms with Crippen molar-refractivity contribution in [3.05, 3.63) is 28.8 Å². The number of ether oxygens (including phenoxy) is 1. The highest BCUT2D eigenvalue weighted by atomic mass is 35.5. The van der Waals surface area contributed by atoms with Crippen LogP contribution in [0.15, 0.2) is 18.2 Å². The lowest BCUT2D eigenvalue weighted by atomic mass is 9.86. The molecule has 0 aromatic heterocycles. The molecule has 0 amide bonds. The van der Waals surface area contributed by atoms with Crippen molar-refractivity contribution < 1.29 is 9.84 Å². The van der Waals surface area contributed by atoms with E-state index in [1.54, 1.807) is 0 Å². The second-order valence-electron chi connectivity index (χ2n) is 5.71. The smallest absolute Gasteiger partial charge is 0.138 e. The molecule has 0 heterocycles. The van der Waals surface area contributed by atoms with Gasteiger partial charge < -0.3 is 9.84 Å². The van der Waals surface area contributed by atoms with Crippen LogP contribution in [0.5, 0.6) is 5.75 Å². The third-order valence-electron chi connectivity index (χ3n) is 3.70. The molecule has 0 unspecified atom stereocenters. The van der Waals surface area contributed by atoms with E-state index in [4.69, 9.17) is 16.3 Å². The van der Waals surface area contributed by atoms with Crippen molar-refractivity contribution in [2.75, 3.05) is 6.61 Å². The molecule has 0 spiro atoms. The highest BCUT2D eigenvalue weighted by molar-refractivity contribution is 6.32. The topological polar surface area (TPSA) is 29.5 Å². The quantitative estimate of drug-likeness (QED) is 0.897. The Bertz CT molecular complexity index is 409. The first-order valence-corrected chi connectivity index (χ1v) is 6.98. The van der Waals surface area contributed by atoms with Gasteiger partial charge in [0, 0.05) is 5.41 Å². The molecule has 1 saturated carbocycles. The summed E-state index contributed by atoms with van der Waals surface area (Å²) in [5, 5.41) is 10.0. The van der Waals surface area contributed by atoms with Crippen molar-refractivity contribution in [2.24, 2.45) is 0 Å². The minimum Gasteiger partial charge on any atom is -0.489 e. The Morgan fingerprint density at radius 2 is 2.00 bits per heavy atom. The average molecular weight is 269 g/mol. The molecular weight excluding hydrogens is 248 g/mol. The molecule has 1 aliphatic rings. The minimum absolute atomic E-state index is 0.103. The summed E-state index contributed by atoms with van der Waals surface area (Å²) in [6.45, 7) is 4.10. The van der Waals surface area contributed by atoms with Crippen LogP contribution in [-0.2, 0) is 5.41 Å². The second-order valence-corrected chi connectivity index (χ2v) is 6.12. The molecule has 2 nitrogen and oxygen atoms in total. The fraction of sp³-hybridized carbons (Fsp3) is 0.600. The normalized spacial score (nSPS) is 17.1. The first kappa shape index (κ1) is 13.7. The van der Waals surface area contributed by atoms with E-state index in [1.165, 1.54) is 12.8 Å². The molecule has 18 heavy (non-hydrogen) atoms. The number of hydrogen-bond acceptors (Lipinski definition) is 2. The predicted molar refractivity (Wildman–Crippen MR) is 74.4 cm³/mol. The van der Waals surface area contributed by atoms with Gasteiger partial charge >= 0.3 is 0 Å². The Morgan fingerprint density at radius 3 is 2.56 bits per heavy atom. The summed E-state index contributed by atoms with van der Waals surface area (Å²) in [6, 6.07) is 5.82. The van der Waals surface area contributed by atoms with Crippen LogP contribution in [0.25, 0.3) is 0 Å². The van der Waals surface area contributed by atoms with E-state index in [-0.39, 0.29) is 12.0 Å². The van der Waals surface area contributed by atoms with Crippen LogP contribution in [0.2, 0.25) is 5.02 Å². The molecule has 1 fully saturated rings. The van der Waals surface area contributed by atoms with Gasteiger partial charge in [0.2, 0.25) is 0 Å². The Labute approximate surface area is 114 Å². The van der Waals surface area contributed by atoms with Crippen molar-refractivity contribution in [1.29, 1.82) is 0 Å². The van der Waals surface area contributed by atoms with Gasteiger partial charge in [0.05, 0.1) is 17.7 Å². The molecule has 0 atom stereocenters. The highest BCUT2D eigenvalue weighted by Crippen LogP contribution is 2.33. The van der Waals surface area contributed by atoms with Gasteiger partial charge in [0.25, 0.3) is 0 Å². The Morgan fingerprint density at radius 1 is 1.33 bits per heavy atom. The van der Waals surface area contributed by atoms with Crippen molar-refractivity contribution in [1.82, 2.24) is 0 Å². The van der Waals surface area contributed by atoms with E-state index in [1.807, 2.05) is 32.0 Å². The molecule has 1 aromatic rings. The van der Waals surface area contributed by atoms with E-state index in [9.17, 15) is 5.11 Å². The van der Waals surface area contributed by atoms with Crippen LogP contribution in [-0.4, -0.2) is 17.8 Å². The molecule has 0 radical (unpaired) electrons. The zero-order chi connectivity index (χ0) is 13.2. The van der Waals surface area contributed by atoms with Crippen LogP contribution in [0.1, 0.15) is 45.1 Å². The number of aliphatic hydroxyl groups excluding tert-OH is 1. The molecule has 100 valence electrons. The van der Waals surface area contributed by atoms with Gasteiger partial charge in [-0.2, -0.15) is 0 Å². The van der Waals surface area contributed by atoms with Crippen LogP contribution in [0.4, 0.5) is 0 Å². The van der Waals surface area contributed by atoms with E-state index < -0.39 is 0 Å². The van der Waals surface area contributed by atoms with Gasteiger partial charge in [-0.05, 0) is 43.4 Å². The average Bonchev–Trinajstić information content (AvgIpc) is 2.84. The van der Waals surface area contributed by atoms with Gasteiger partial charge in [-0.1, -0.05) is 31.5 Å². The van der Waals surface area contributed by atoms with Crippen molar-refractivity contribution in [2.45, 2.75) is 51.0 Å². The van der Waals surface area contributed by atoms with Crippen molar-refractivity contribution >= 4 is 11.6 Å². The monoisotopic (exact) mass is 268 g/mol. The van der Waals surface area contributed by atoms with Crippen LogP contribution < -0.4 is 4.74 Å². The maximum atomic E-state index is 9.36. The lowest BCUT2D eigenvalue weighted by Gasteiger charge is -2.23. The summed E-state index contributed by atoms with van der Waals surface area (Å²) in [7, 11) is 0. The predicted octanol–water partition coefficient (Wildman–Crippen LogP) is 3.93. The summed E-state index contributed by atoms with van der Waals surface area (Å²) in [5.41, 5.74) is 0.768. The van der Waals surface area contributed by atoms with Crippen molar-refractivity contribution in [3.63, 3.8) is 0 Å². The largest absolute Gasteiger partial charge is 0.489 e. The summed E-state index contributed by atoms with van der Waals surface area (Å²) >= 11 is 6.26. The Hall–Kier alpha value is -0.730. The fourth-order valence-electron chi connectivity index (χ4n) is 2.29. The molecule has 1 N–H and O–H groups in total. The molecular formula is C15H21ClO2. The number of benzene rings is 1. The standard InChI is InChI=1S/C15H21ClO2/c1-15(2,10-17)11-7-8-14(13(16)9-11)18-12-5-3-4-6-12/h7-9,12,17H,3-6,10H2,1-2H3. The van der Waals surface area contributed by atoms with Gasteiger partial charge in [-0.3, -0.25) is 0 Å². The third kappa shape index (κ3) is 2.99.